The van der Waals surface area contributed by atoms with E-state index >= 15 is 0 Å². The average molecular weight is 409 g/mol. The number of sulfonamides is 1. The Bertz CT molecular complexity index is 973. The lowest BCUT2D eigenvalue weighted by Gasteiger charge is -2.21. The van der Waals surface area contributed by atoms with Crippen molar-refractivity contribution in [2.45, 2.75) is 31.2 Å². The summed E-state index contributed by atoms with van der Waals surface area (Å²) in [6.45, 7) is 3.09. The number of hydrogen-bond donors (Lipinski definition) is 1. The monoisotopic (exact) mass is 408 g/mol. The van der Waals surface area contributed by atoms with Gasteiger partial charge in [-0.2, -0.15) is 4.31 Å². The van der Waals surface area contributed by atoms with Crippen LogP contribution in [0.5, 0.6) is 0 Å². The summed E-state index contributed by atoms with van der Waals surface area (Å²) in [5.41, 5.74) is 1.54. The number of likely N-dealkylation sites (N-methyl/N-ethyl adjacent to an activating group) is 1. The van der Waals surface area contributed by atoms with Gasteiger partial charge >= 0.3 is 0 Å². The van der Waals surface area contributed by atoms with Crippen molar-refractivity contribution in [1.82, 2.24) is 9.29 Å². The standard InChI is InChI=1S/C17H20N4O4S2/c1-11-8-13-9-14(4-5-15(13)21(11)12(2)22)27(24,25)20(3)10-16(23)19-17-18-6-7-26-17/h4-7,9,11H,8,10H2,1-3H3,(H,18,19,23)/t11-/m0/s1. The molecule has 2 amide bonds. The molecule has 0 unspecified atom stereocenters. The second kappa shape index (κ2) is 7.37. The Balaban J connectivity index is 1.78. The molecular formula is C17H20N4O4S2. The van der Waals surface area contributed by atoms with Crippen LogP contribution < -0.4 is 10.2 Å². The van der Waals surface area contributed by atoms with Gasteiger partial charge in [-0.3, -0.25) is 9.59 Å². The Morgan fingerprint density at radius 2 is 2.15 bits per heavy atom. The maximum atomic E-state index is 12.8. The number of aromatic nitrogens is 1. The van der Waals surface area contributed by atoms with Crippen LogP contribution in [0.2, 0.25) is 0 Å². The molecule has 1 aromatic carbocycles. The van der Waals surface area contributed by atoms with Crippen LogP contribution >= 0.6 is 11.3 Å². The number of hydrogen-bond acceptors (Lipinski definition) is 6. The summed E-state index contributed by atoms with van der Waals surface area (Å²) >= 11 is 1.26. The first kappa shape index (κ1) is 19.5. The summed E-state index contributed by atoms with van der Waals surface area (Å²) in [5.74, 6) is -0.540. The Kier molecular flexibility index (Phi) is 5.31. The van der Waals surface area contributed by atoms with Crippen molar-refractivity contribution in [2.75, 3.05) is 23.8 Å². The molecule has 2 heterocycles. The van der Waals surface area contributed by atoms with Crippen molar-refractivity contribution >= 4 is 44.0 Å². The van der Waals surface area contributed by atoms with E-state index in [1.807, 2.05) is 6.92 Å². The Morgan fingerprint density at radius 3 is 2.78 bits per heavy atom. The van der Waals surface area contributed by atoms with E-state index < -0.39 is 15.9 Å². The lowest BCUT2D eigenvalue weighted by molar-refractivity contribution is -0.117. The zero-order chi connectivity index (χ0) is 19.8. The molecule has 1 aliphatic rings. The second-order valence-corrected chi connectivity index (χ2v) is 9.32. The van der Waals surface area contributed by atoms with Crippen LogP contribution in [0.15, 0.2) is 34.7 Å². The fraction of sp³-hybridized carbons (Fsp3) is 0.353. The molecule has 0 radical (unpaired) electrons. The number of rotatable bonds is 5. The molecule has 1 aliphatic heterocycles. The van der Waals surface area contributed by atoms with Gasteiger partial charge in [0.05, 0.1) is 11.4 Å². The molecule has 0 bridgehead atoms. The third kappa shape index (κ3) is 3.87. The lowest BCUT2D eigenvalue weighted by atomic mass is 10.1. The summed E-state index contributed by atoms with van der Waals surface area (Å²) in [7, 11) is -2.48. The number of carbonyl (C=O) groups excluding carboxylic acids is 2. The number of anilines is 2. The van der Waals surface area contributed by atoms with E-state index in [1.54, 1.807) is 28.6 Å². The van der Waals surface area contributed by atoms with Crippen LogP contribution in [0.25, 0.3) is 0 Å². The predicted octanol–water partition coefficient (Wildman–Crippen LogP) is 1.70. The van der Waals surface area contributed by atoms with E-state index in [-0.39, 0.29) is 23.4 Å². The molecule has 1 N–H and O–H groups in total. The fourth-order valence-electron chi connectivity index (χ4n) is 3.16. The van der Waals surface area contributed by atoms with Crippen LogP contribution in [0.3, 0.4) is 0 Å². The zero-order valence-corrected chi connectivity index (χ0v) is 16.8. The molecule has 144 valence electrons. The van der Waals surface area contributed by atoms with Crippen LogP contribution in [0.1, 0.15) is 19.4 Å². The van der Waals surface area contributed by atoms with Gasteiger partial charge in [-0.1, -0.05) is 0 Å². The Hall–Kier alpha value is -2.30. The van der Waals surface area contributed by atoms with Gasteiger partial charge in [-0.05, 0) is 37.1 Å². The van der Waals surface area contributed by atoms with Crippen LogP contribution in [0, 0.1) is 0 Å². The third-order valence-electron chi connectivity index (χ3n) is 4.36. The highest BCUT2D eigenvalue weighted by Crippen LogP contribution is 2.34. The molecule has 1 aromatic heterocycles. The maximum absolute atomic E-state index is 12.8. The number of nitrogens with one attached hydrogen (secondary N) is 1. The van der Waals surface area contributed by atoms with Gasteiger partial charge in [0.2, 0.25) is 21.8 Å². The second-order valence-electron chi connectivity index (χ2n) is 6.38. The first-order valence-electron chi connectivity index (χ1n) is 8.28. The number of amides is 2. The molecule has 2 aromatic rings. The molecule has 0 saturated heterocycles. The summed E-state index contributed by atoms with van der Waals surface area (Å²) in [6, 6.07) is 4.69. The molecule has 1 atom stereocenters. The number of carbonyl (C=O) groups is 2. The van der Waals surface area contributed by atoms with E-state index in [0.717, 1.165) is 15.6 Å². The van der Waals surface area contributed by atoms with E-state index in [2.05, 4.69) is 10.3 Å². The fourth-order valence-corrected chi connectivity index (χ4v) is 4.88. The zero-order valence-electron chi connectivity index (χ0n) is 15.2. The SMILES string of the molecule is CC(=O)N1c2ccc(S(=O)(=O)N(C)CC(=O)Nc3nccs3)cc2C[C@@H]1C. The first-order chi connectivity index (χ1) is 12.7. The summed E-state index contributed by atoms with van der Waals surface area (Å²) in [5, 5.41) is 4.69. The molecule has 8 nitrogen and oxygen atoms in total. The van der Waals surface area contributed by atoms with E-state index in [0.29, 0.717) is 11.6 Å². The molecular weight excluding hydrogens is 388 g/mol. The minimum absolute atomic E-state index is 0.0164. The number of benzene rings is 1. The van der Waals surface area contributed by atoms with E-state index in [4.69, 9.17) is 0 Å². The highest BCUT2D eigenvalue weighted by molar-refractivity contribution is 7.89. The Morgan fingerprint density at radius 1 is 1.41 bits per heavy atom. The van der Waals surface area contributed by atoms with Crippen LogP contribution in [0.4, 0.5) is 10.8 Å². The van der Waals surface area contributed by atoms with Crippen molar-refractivity contribution < 1.29 is 18.0 Å². The molecule has 10 heteroatoms. The topological polar surface area (TPSA) is 99.7 Å². The van der Waals surface area contributed by atoms with E-state index in [9.17, 15) is 18.0 Å². The number of fused-ring (bicyclic) bond motifs is 1. The van der Waals surface area contributed by atoms with Crippen molar-refractivity contribution in [3.05, 3.63) is 35.3 Å². The first-order valence-corrected chi connectivity index (χ1v) is 10.6. The highest BCUT2D eigenvalue weighted by Gasteiger charge is 2.31. The average Bonchev–Trinajstić information content (AvgIpc) is 3.19. The minimum atomic E-state index is -3.84. The molecule has 0 saturated carbocycles. The van der Waals surface area contributed by atoms with E-state index in [1.165, 1.54) is 31.4 Å². The third-order valence-corrected chi connectivity index (χ3v) is 6.85. The highest BCUT2D eigenvalue weighted by atomic mass is 32.2. The van der Waals surface area contributed by atoms with Crippen molar-refractivity contribution in [3.63, 3.8) is 0 Å². The van der Waals surface area contributed by atoms with Gasteiger partial charge in [0, 0.05) is 37.3 Å². The normalized spacial score (nSPS) is 16.4. The van der Waals surface area contributed by atoms with Crippen LogP contribution in [-0.2, 0) is 26.0 Å². The quantitative estimate of drug-likeness (QED) is 0.812. The van der Waals surface area contributed by atoms with Gasteiger partial charge in [0.1, 0.15) is 0 Å². The number of thiazole rings is 1. The largest absolute Gasteiger partial charge is 0.309 e. The molecule has 27 heavy (non-hydrogen) atoms. The molecule has 0 fully saturated rings. The molecule has 0 aliphatic carbocycles. The van der Waals surface area contributed by atoms with Gasteiger partial charge in [0.15, 0.2) is 5.13 Å². The maximum Gasteiger partial charge on any atom is 0.243 e. The summed E-state index contributed by atoms with van der Waals surface area (Å²) < 4.78 is 26.6. The smallest absolute Gasteiger partial charge is 0.243 e. The molecule has 0 spiro atoms. The minimum Gasteiger partial charge on any atom is -0.309 e. The van der Waals surface area contributed by atoms with Crippen molar-refractivity contribution in [1.29, 1.82) is 0 Å². The summed E-state index contributed by atoms with van der Waals surface area (Å²) in [6.07, 6.45) is 2.14. The number of nitrogens with zero attached hydrogens (tertiary/aromatic N) is 3. The van der Waals surface area contributed by atoms with Gasteiger partial charge in [0.25, 0.3) is 0 Å². The van der Waals surface area contributed by atoms with Crippen molar-refractivity contribution in [3.8, 4) is 0 Å². The Labute approximate surface area is 161 Å². The predicted molar refractivity (Wildman–Crippen MR) is 103 cm³/mol. The van der Waals surface area contributed by atoms with Crippen LogP contribution in [-0.4, -0.2) is 49.2 Å². The summed E-state index contributed by atoms with van der Waals surface area (Å²) in [4.78, 5) is 29.6. The molecule has 3 rings (SSSR count). The van der Waals surface area contributed by atoms with Gasteiger partial charge in [-0.25, -0.2) is 13.4 Å². The van der Waals surface area contributed by atoms with Gasteiger partial charge < -0.3 is 10.2 Å². The van der Waals surface area contributed by atoms with Gasteiger partial charge in [-0.15, -0.1) is 11.3 Å². The van der Waals surface area contributed by atoms with Crippen molar-refractivity contribution in [2.24, 2.45) is 0 Å². The lowest BCUT2D eigenvalue weighted by Crippen LogP contribution is -2.35.